The molecule has 0 aliphatic carbocycles. The number of rotatable bonds is 8. The smallest absolute Gasteiger partial charge is 0.229 e. The van der Waals surface area contributed by atoms with E-state index in [1.54, 1.807) is 0 Å². The van der Waals surface area contributed by atoms with Crippen LogP contribution in [0.3, 0.4) is 0 Å². The highest BCUT2D eigenvalue weighted by Crippen LogP contribution is 2.26. The number of halogens is 1. The Morgan fingerprint density at radius 2 is 1.59 bits per heavy atom. The minimum atomic E-state index is 0.522. The Hall–Kier alpha value is -3.85. The van der Waals surface area contributed by atoms with E-state index in [0.29, 0.717) is 12.6 Å². The number of anilines is 5. The van der Waals surface area contributed by atoms with Crippen LogP contribution in [0.15, 0.2) is 83.5 Å². The Bertz CT molecular complexity index is 1330. The number of benzene rings is 2. The minimum Gasteiger partial charge on any atom is -0.489 e. The second-order valence-electron chi connectivity index (χ2n) is 9.03. The minimum absolute atomic E-state index is 0.522. The maximum Gasteiger partial charge on any atom is 0.229 e. The van der Waals surface area contributed by atoms with Gasteiger partial charge in [-0.2, -0.15) is 9.97 Å². The lowest BCUT2D eigenvalue weighted by atomic mass is 10.2. The Balaban J connectivity index is 1.29. The third-order valence-electron chi connectivity index (χ3n) is 6.10. The molecule has 0 bridgehead atoms. The third-order valence-corrected chi connectivity index (χ3v) is 6.54. The zero-order valence-corrected chi connectivity index (χ0v) is 22.6. The number of pyridine rings is 1. The molecule has 8 nitrogen and oxygen atoms in total. The predicted molar refractivity (Wildman–Crippen MR) is 153 cm³/mol. The summed E-state index contributed by atoms with van der Waals surface area (Å²) in [6, 6.07) is 26.1. The van der Waals surface area contributed by atoms with E-state index in [2.05, 4.69) is 48.2 Å². The number of aromatic nitrogens is 3. The molecule has 4 aromatic rings. The van der Waals surface area contributed by atoms with Gasteiger partial charge in [0.25, 0.3) is 0 Å². The van der Waals surface area contributed by atoms with Crippen molar-refractivity contribution in [3.05, 3.63) is 89.0 Å². The normalized spacial score (nSPS) is 13.4. The first-order valence-corrected chi connectivity index (χ1v) is 13.1. The van der Waals surface area contributed by atoms with Gasteiger partial charge in [0.05, 0.1) is 0 Å². The van der Waals surface area contributed by atoms with Crippen LogP contribution in [0.2, 0.25) is 0 Å². The van der Waals surface area contributed by atoms with E-state index in [-0.39, 0.29) is 0 Å². The van der Waals surface area contributed by atoms with Gasteiger partial charge in [-0.15, -0.1) is 0 Å². The molecule has 2 aromatic carbocycles. The lowest BCUT2D eigenvalue weighted by Gasteiger charge is -2.35. The summed E-state index contributed by atoms with van der Waals surface area (Å²) in [4.78, 5) is 20.8. The molecular weight excluding hydrogens is 530 g/mol. The average Bonchev–Trinajstić information content (AvgIpc) is 2.92. The van der Waals surface area contributed by atoms with Gasteiger partial charge in [0, 0.05) is 58.1 Å². The molecule has 0 atom stereocenters. The van der Waals surface area contributed by atoms with Gasteiger partial charge < -0.3 is 24.8 Å². The van der Waals surface area contributed by atoms with Crippen molar-refractivity contribution in [2.75, 3.05) is 60.3 Å². The highest BCUT2D eigenvalue weighted by atomic mass is 79.9. The van der Waals surface area contributed by atoms with E-state index in [9.17, 15) is 0 Å². The molecule has 9 heteroatoms. The summed E-state index contributed by atoms with van der Waals surface area (Å²) in [7, 11) is 3.98. The molecule has 5 rings (SSSR count). The van der Waals surface area contributed by atoms with Crippen molar-refractivity contribution in [1.82, 2.24) is 15.0 Å². The molecule has 0 radical (unpaired) electrons. The number of nitrogens with zero attached hydrogens (tertiary/aromatic N) is 6. The summed E-state index contributed by atoms with van der Waals surface area (Å²) in [6.07, 6.45) is 0. The molecule has 0 amide bonds. The van der Waals surface area contributed by atoms with Crippen LogP contribution >= 0.6 is 15.9 Å². The van der Waals surface area contributed by atoms with Crippen LogP contribution < -0.4 is 24.8 Å². The molecule has 3 heterocycles. The van der Waals surface area contributed by atoms with Crippen molar-refractivity contribution in [3.63, 3.8) is 0 Å². The summed E-state index contributed by atoms with van der Waals surface area (Å²) in [5, 5.41) is 3.45. The lowest BCUT2D eigenvalue weighted by molar-refractivity contribution is 0.306. The first kappa shape index (κ1) is 24.8. The molecule has 0 spiro atoms. The van der Waals surface area contributed by atoms with E-state index in [1.165, 1.54) is 0 Å². The highest BCUT2D eigenvalue weighted by Gasteiger charge is 2.21. The van der Waals surface area contributed by atoms with Gasteiger partial charge in [0.2, 0.25) is 5.95 Å². The first-order valence-electron chi connectivity index (χ1n) is 12.3. The zero-order valence-electron chi connectivity index (χ0n) is 21.0. The fourth-order valence-corrected chi connectivity index (χ4v) is 4.45. The van der Waals surface area contributed by atoms with E-state index in [0.717, 1.165) is 65.2 Å². The van der Waals surface area contributed by atoms with Crippen molar-refractivity contribution in [1.29, 1.82) is 0 Å². The molecular formula is C28H30BrN7O. The van der Waals surface area contributed by atoms with Crippen molar-refractivity contribution >= 4 is 45.0 Å². The van der Waals surface area contributed by atoms with E-state index in [1.807, 2.05) is 85.7 Å². The molecule has 1 N–H and O–H groups in total. The van der Waals surface area contributed by atoms with Gasteiger partial charge in [0.15, 0.2) is 0 Å². The van der Waals surface area contributed by atoms with E-state index in [4.69, 9.17) is 14.7 Å². The van der Waals surface area contributed by atoms with E-state index >= 15 is 0 Å². The molecule has 37 heavy (non-hydrogen) atoms. The lowest BCUT2D eigenvalue weighted by Crippen LogP contribution is -2.47. The molecule has 1 fully saturated rings. The van der Waals surface area contributed by atoms with Crippen molar-refractivity contribution in [2.24, 2.45) is 0 Å². The quantitative estimate of drug-likeness (QED) is 0.290. The fourth-order valence-electron chi connectivity index (χ4n) is 4.12. The van der Waals surface area contributed by atoms with Crippen LogP contribution in [-0.2, 0) is 6.61 Å². The molecule has 1 aliphatic rings. The van der Waals surface area contributed by atoms with Crippen LogP contribution in [0.4, 0.5) is 29.1 Å². The summed E-state index contributed by atoms with van der Waals surface area (Å²) < 4.78 is 6.85. The topological polar surface area (TPSA) is 69.7 Å². The van der Waals surface area contributed by atoms with Gasteiger partial charge >= 0.3 is 0 Å². The molecule has 2 aromatic heterocycles. The Kier molecular flexibility index (Phi) is 7.70. The van der Waals surface area contributed by atoms with Crippen LogP contribution in [0.5, 0.6) is 5.75 Å². The van der Waals surface area contributed by atoms with Crippen molar-refractivity contribution in [3.8, 4) is 5.75 Å². The van der Waals surface area contributed by atoms with Crippen LogP contribution in [0.25, 0.3) is 0 Å². The largest absolute Gasteiger partial charge is 0.489 e. The second kappa shape index (κ2) is 11.5. The maximum atomic E-state index is 6.00. The van der Waals surface area contributed by atoms with E-state index < -0.39 is 0 Å². The van der Waals surface area contributed by atoms with Crippen LogP contribution in [-0.4, -0.2) is 55.2 Å². The zero-order chi connectivity index (χ0) is 25.6. The van der Waals surface area contributed by atoms with Crippen molar-refractivity contribution < 1.29 is 4.74 Å². The van der Waals surface area contributed by atoms with Gasteiger partial charge in [-0.3, -0.25) is 0 Å². The third kappa shape index (κ3) is 6.48. The first-order chi connectivity index (χ1) is 18.0. The summed E-state index contributed by atoms with van der Waals surface area (Å²) in [6.45, 7) is 3.85. The maximum absolute atomic E-state index is 6.00. The Labute approximate surface area is 226 Å². The standard InChI is InChI=1S/C28H30BrN7O/c1-34(2)27-19-25(30-22-10-6-11-23(18-22)37-20-21-8-4-3-5-9-21)32-28(33-27)36-16-14-35(15-17-36)26-13-7-12-24(29)31-26/h3-13,18-19H,14-17,20H2,1-2H3,(H,30,32,33). The molecule has 0 saturated carbocycles. The van der Waals surface area contributed by atoms with Crippen LogP contribution in [0, 0.1) is 0 Å². The summed E-state index contributed by atoms with van der Waals surface area (Å²) >= 11 is 3.47. The van der Waals surface area contributed by atoms with Crippen molar-refractivity contribution in [2.45, 2.75) is 6.61 Å². The number of ether oxygens (including phenoxy) is 1. The van der Waals surface area contributed by atoms with Gasteiger partial charge in [-0.25, -0.2) is 4.98 Å². The number of hydrogen-bond acceptors (Lipinski definition) is 8. The molecule has 0 unspecified atom stereocenters. The number of nitrogens with one attached hydrogen (secondary N) is 1. The monoisotopic (exact) mass is 559 g/mol. The number of hydrogen-bond donors (Lipinski definition) is 1. The predicted octanol–water partition coefficient (Wildman–Crippen LogP) is 5.35. The Morgan fingerprint density at radius 1 is 0.838 bits per heavy atom. The number of piperazine rings is 1. The van der Waals surface area contributed by atoms with Gasteiger partial charge in [-0.1, -0.05) is 42.5 Å². The van der Waals surface area contributed by atoms with Gasteiger partial charge in [0.1, 0.15) is 34.4 Å². The summed E-state index contributed by atoms with van der Waals surface area (Å²) in [5.41, 5.74) is 2.04. The SMILES string of the molecule is CN(C)c1cc(Nc2cccc(OCc3ccccc3)c2)nc(N2CCN(c3cccc(Br)n3)CC2)n1. The summed E-state index contributed by atoms with van der Waals surface area (Å²) in [5.74, 6) is 4.08. The van der Waals surface area contributed by atoms with Gasteiger partial charge in [-0.05, 0) is 45.8 Å². The highest BCUT2D eigenvalue weighted by molar-refractivity contribution is 9.10. The van der Waals surface area contributed by atoms with Crippen LogP contribution in [0.1, 0.15) is 5.56 Å². The Morgan fingerprint density at radius 3 is 2.35 bits per heavy atom. The molecule has 1 aliphatic heterocycles. The average molecular weight is 560 g/mol. The second-order valence-corrected chi connectivity index (χ2v) is 9.84. The fraction of sp³-hybridized carbons (Fsp3) is 0.250. The molecule has 1 saturated heterocycles. The molecule has 190 valence electrons.